The van der Waals surface area contributed by atoms with Gasteiger partial charge in [0.25, 0.3) is 0 Å². The molecule has 2 aliphatic heterocycles. The van der Waals surface area contributed by atoms with Crippen molar-refractivity contribution in [3.63, 3.8) is 0 Å². The van der Waals surface area contributed by atoms with Crippen molar-refractivity contribution in [2.24, 2.45) is 0 Å². The van der Waals surface area contributed by atoms with Gasteiger partial charge in [0.05, 0.1) is 18.0 Å². The van der Waals surface area contributed by atoms with Gasteiger partial charge in [-0.25, -0.2) is 9.59 Å². The molecular formula is C22H18IN3O5. The van der Waals surface area contributed by atoms with Gasteiger partial charge in [0, 0.05) is 36.7 Å². The van der Waals surface area contributed by atoms with Crippen molar-refractivity contribution < 1.29 is 22.6 Å². The standard InChI is InChI=1S/C22H18IN3O5/c1-24-20(28)16-10-25(22(24)30)11-18-19(16)15-8-14(27)6-7-17(15)26(18)9-12-2-4-13(5-3-12)21(29)31-23/h2-8,16,27H,9-11H2,1H3. The molecular weight excluding hydrogens is 513 g/mol. The Morgan fingerprint density at radius 2 is 1.94 bits per heavy atom. The first-order valence-corrected chi connectivity index (χ1v) is 10.6. The number of carbonyl (C=O) groups is 3. The monoisotopic (exact) mass is 531 g/mol. The zero-order valence-electron chi connectivity index (χ0n) is 16.5. The second kappa shape index (κ2) is 7.26. The summed E-state index contributed by atoms with van der Waals surface area (Å²) in [7, 11) is 1.51. The summed E-state index contributed by atoms with van der Waals surface area (Å²) in [6.45, 7) is 1.23. The predicted molar refractivity (Wildman–Crippen MR) is 120 cm³/mol. The van der Waals surface area contributed by atoms with Crippen molar-refractivity contribution in [3.8, 4) is 5.75 Å². The van der Waals surface area contributed by atoms with E-state index in [-0.39, 0.29) is 17.7 Å². The molecule has 1 fully saturated rings. The number of fused-ring (bicyclic) bond motifs is 6. The summed E-state index contributed by atoms with van der Waals surface area (Å²) in [6.07, 6.45) is 0. The molecule has 1 saturated heterocycles. The van der Waals surface area contributed by atoms with Gasteiger partial charge in [0.1, 0.15) is 5.75 Å². The molecule has 0 saturated carbocycles. The molecule has 5 rings (SSSR count). The molecule has 9 heteroatoms. The number of aromatic nitrogens is 1. The van der Waals surface area contributed by atoms with Gasteiger partial charge in [-0.1, -0.05) is 12.1 Å². The number of imide groups is 1. The van der Waals surface area contributed by atoms with Crippen molar-refractivity contribution >= 4 is 51.8 Å². The second-order valence-electron chi connectivity index (χ2n) is 7.82. The zero-order chi connectivity index (χ0) is 21.9. The number of rotatable bonds is 3. The van der Waals surface area contributed by atoms with Gasteiger partial charge in [0.2, 0.25) is 5.91 Å². The maximum absolute atomic E-state index is 12.9. The normalized spacial score (nSPS) is 17.8. The van der Waals surface area contributed by atoms with E-state index in [2.05, 4.69) is 4.57 Å². The first-order valence-electron chi connectivity index (χ1n) is 9.71. The van der Waals surface area contributed by atoms with E-state index in [0.717, 1.165) is 27.7 Å². The minimum atomic E-state index is -0.460. The Labute approximate surface area is 191 Å². The number of amides is 3. The summed E-state index contributed by atoms with van der Waals surface area (Å²) < 4.78 is 6.81. The van der Waals surface area contributed by atoms with E-state index in [1.807, 2.05) is 18.2 Å². The maximum atomic E-state index is 12.9. The number of phenols is 1. The minimum absolute atomic E-state index is 0.129. The minimum Gasteiger partial charge on any atom is -0.508 e. The van der Waals surface area contributed by atoms with E-state index < -0.39 is 11.9 Å². The number of hydrogen-bond acceptors (Lipinski definition) is 5. The fourth-order valence-electron chi connectivity index (χ4n) is 4.58. The van der Waals surface area contributed by atoms with E-state index in [0.29, 0.717) is 25.2 Å². The Morgan fingerprint density at radius 1 is 1.19 bits per heavy atom. The number of nitrogens with zero attached hydrogens (tertiary/aromatic N) is 3. The molecule has 1 N–H and O–H groups in total. The highest BCUT2D eigenvalue weighted by Gasteiger charge is 2.44. The molecule has 1 unspecified atom stereocenters. The van der Waals surface area contributed by atoms with Crippen LogP contribution in [0.4, 0.5) is 4.79 Å². The van der Waals surface area contributed by atoms with Crippen LogP contribution in [-0.2, 0) is 21.0 Å². The van der Waals surface area contributed by atoms with Crippen LogP contribution in [-0.4, -0.2) is 51.0 Å². The van der Waals surface area contributed by atoms with Gasteiger partial charge in [-0.15, -0.1) is 0 Å². The van der Waals surface area contributed by atoms with Crippen LogP contribution in [0.15, 0.2) is 42.5 Å². The molecule has 3 aromatic rings. The van der Waals surface area contributed by atoms with E-state index in [1.54, 1.807) is 52.2 Å². The SMILES string of the molecule is CN1C(=O)C2CN(Cc3c2c2cc(O)ccc2n3Cc2ccc(C(=O)OI)cc2)C1=O. The average molecular weight is 531 g/mol. The molecule has 0 radical (unpaired) electrons. The molecule has 0 spiro atoms. The number of urea groups is 1. The summed E-state index contributed by atoms with van der Waals surface area (Å²) >= 11 is 1.56. The van der Waals surface area contributed by atoms with Crippen LogP contribution in [0, 0.1) is 0 Å². The molecule has 1 aromatic heterocycles. The van der Waals surface area contributed by atoms with Crippen LogP contribution in [0.2, 0.25) is 0 Å². The maximum Gasteiger partial charge on any atom is 0.347 e. The van der Waals surface area contributed by atoms with Crippen molar-refractivity contribution in [1.29, 1.82) is 0 Å². The summed E-state index contributed by atoms with van der Waals surface area (Å²) in [6, 6.07) is 12.0. The number of carbonyl (C=O) groups excluding carboxylic acids is 3. The van der Waals surface area contributed by atoms with Gasteiger partial charge in [-0.2, -0.15) is 0 Å². The number of phenolic OH excluding ortho intramolecular Hbond substituents is 1. The lowest BCUT2D eigenvalue weighted by Gasteiger charge is -2.41. The lowest BCUT2D eigenvalue weighted by Crippen LogP contribution is -2.56. The van der Waals surface area contributed by atoms with E-state index in [1.165, 1.54) is 11.9 Å². The average Bonchev–Trinajstić information content (AvgIpc) is 3.08. The van der Waals surface area contributed by atoms with E-state index >= 15 is 0 Å². The van der Waals surface area contributed by atoms with Crippen molar-refractivity contribution in [3.05, 3.63) is 64.8 Å². The Balaban J connectivity index is 1.64. The molecule has 8 nitrogen and oxygen atoms in total. The van der Waals surface area contributed by atoms with Crippen molar-refractivity contribution in [2.45, 2.75) is 19.0 Å². The molecule has 3 heterocycles. The summed E-state index contributed by atoms with van der Waals surface area (Å²) in [5.74, 6) is -0.971. The third-order valence-corrected chi connectivity index (χ3v) is 6.48. The summed E-state index contributed by atoms with van der Waals surface area (Å²) in [5.41, 5.74) is 4.06. The van der Waals surface area contributed by atoms with Crippen molar-refractivity contribution in [2.75, 3.05) is 13.6 Å². The molecule has 3 amide bonds. The quantitative estimate of drug-likeness (QED) is 0.524. The largest absolute Gasteiger partial charge is 0.508 e. The number of aromatic hydroxyl groups is 1. The molecule has 2 aliphatic rings. The Kier molecular flexibility index (Phi) is 4.65. The number of benzene rings is 2. The highest BCUT2D eigenvalue weighted by molar-refractivity contribution is 14.1. The summed E-state index contributed by atoms with van der Waals surface area (Å²) in [5, 5.41) is 10.9. The zero-order valence-corrected chi connectivity index (χ0v) is 18.7. The number of halogens is 1. The first-order chi connectivity index (χ1) is 14.9. The highest BCUT2D eigenvalue weighted by atomic mass is 127. The van der Waals surface area contributed by atoms with Crippen molar-refractivity contribution in [1.82, 2.24) is 14.4 Å². The topological polar surface area (TPSA) is 92.1 Å². The van der Waals surface area contributed by atoms with Crippen LogP contribution in [0.25, 0.3) is 10.9 Å². The van der Waals surface area contributed by atoms with Gasteiger partial charge in [0.15, 0.2) is 23.0 Å². The Hall–Kier alpha value is -3.08. The van der Waals surface area contributed by atoms with E-state index in [9.17, 15) is 19.5 Å². The van der Waals surface area contributed by atoms with Crippen LogP contribution in [0.1, 0.15) is 33.1 Å². The fraction of sp³-hybridized carbons (Fsp3) is 0.227. The Bertz CT molecular complexity index is 1250. The molecule has 158 valence electrons. The van der Waals surface area contributed by atoms with Crippen LogP contribution in [0.3, 0.4) is 0 Å². The first kappa shape index (κ1) is 19.9. The number of likely N-dealkylation sites (N-methyl/N-ethyl adjacent to an activating group) is 1. The van der Waals surface area contributed by atoms with Gasteiger partial charge >= 0.3 is 12.0 Å². The summed E-state index contributed by atoms with van der Waals surface area (Å²) in [4.78, 5) is 40.0. The smallest absolute Gasteiger partial charge is 0.347 e. The molecule has 2 aromatic carbocycles. The Morgan fingerprint density at radius 3 is 2.65 bits per heavy atom. The second-order valence-corrected chi connectivity index (χ2v) is 8.26. The van der Waals surface area contributed by atoms with Gasteiger partial charge in [-0.05, 0) is 41.5 Å². The van der Waals surface area contributed by atoms with Crippen LogP contribution in [0.5, 0.6) is 5.75 Å². The number of hydrogen-bond donors (Lipinski definition) is 1. The lowest BCUT2D eigenvalue weighted by molar-refractivity contribution is -0.132. The lowest BCUT2D eigenvalue weighted by atomic mass is 9.89. The predicted octanol–water partition coefficient (Wildman–Crippen LogP) is 3.39. The third kappa shape index (κ3) is 3.06. The van der Waals surface area contributed by atoms with Crippen LogP contribution < -0.4 is 0 Å². The van der Waals surface area contributed by atoms with Crippen LogP contribution >= 0.6 is 23.0 Å². The molecule has 2 bridgehead atoms. The molecule has 1 atom stereocenters. The fourth-order valence-corrected chi connectivity index (χ4v) is 4.83. The third-order valence-electron chi connectivity index (χ3n) is 6.08. The van der Waals surface area contributed by atoms with E-state index in [4.69, 9.17) is 3.07 Å². The van der Waals surface area contributed by atoms with Gasteiger partial charge in [-0.3, -0.25) is 9.69 Å². The van der Waals surface area contributed by atoms with Gasteiger partial charge < -0.3 is 17.6 Å². The molecule has 31 heavy (non-hydrogen) atoms. The highest BCUT2D eigenvalue weighted by Crippen LogP contribution is 2.41. The molecule has 0 aliphatic carbocycles.